The Labute approximate surface area is 171 Å². The second kappa shape index (κ2) is 7.71. The number of amides is 1. The minimum atomic E-state index is -0.495. The van der Waals surface area contributed by atoms with Gasteiger partial charge >= 0.3 is 0 Å². The Morgan fingerprint density at radius 2 is 1.67 bits per heavy atom. The lowest BCUT2D eigenvalue weighted by molar-refractivity contribution is -0.384. The number of carbonyl (C=O) groups is 1. The maximum absolute atomic E-state index is 14.5. The van der Waals surface area contributed by atoms with Gasteiger partial charge in [0.25, 0.3) is 11.6 Å². The third-order valence-corrected chi connectivity index (χ3v) is 4.67. The SMILES string of the molecule is Cc1ccc(N2C(=O)/C(=C\c3ccc([N+](=O)[O-])cc3)N=C2c2ccccc2F)cc1. The van der Waals surface area contributed by atoms with Crippen molar-refractivity contribution < 1.29 is 14.1 Å². The molecular weight excluding hydrogens is 385 g/mol. The molecule has 0 spiro atoms. The molecule has 0 unspecified atom stereocenters. The van der Waals surface area contributed by atoms with Gasteiger partial charge in [-0.25, -0.2) is 9.38 Å². The van der Waals surface area contributed by atoms with Crippen molar-refractivity contribution in [3.63, 3.8) is 0 Å². The number of nitrogens with zero attached hydrogens (tertiary/aromatic N) is 3. The number of nitro groups is 1. The molecule has 7 heteroatoms. The fourth-order valence-corrected chi connectivity index (χ4v) is 3.12. The van der Waals surface area contributed by atoms with Gasteiger partial charge in [-0.05, 0) is 55.0 Å². The van der Waals surface area contributed by atoms with Crippen molar-refractivity contribution in [2.75, 3.05) is 4.90 Å². The topological polar surface area (TPSA) is 75.8 Å². The highest BCUT2D eigenvalue weighted by atomic mass is 19.1. The van der Waals surface area contributed by atoms with Gasteiger partial charge in [0.2, 0.25) is 0 Å². The fraction of sp³-hybridized carbons (Fsp3) is 0.0435. The molecule has 0 N–H and O–H groups in total. The lowest BCUT2D eigenvalue weighted by atomic mass is 10.1. The van der Waals surface area contributed by atoms with Crippen molar-refractivity contribution in [2.45, 2.75) is 6.92 Å². The van der Waals surface area contributed by atoms with Gasteiger partial charge in [0.05, 0.1) is 16.2 Å². The molecule has 0 bridgehead atoms. The van der Waals surface area contributed by atoms with E-state index in [9.17, 15) is 19.3 Å². The van der Waals surface area contributed by atoms with Crippen molar-refractivity contribution in [1.29, 1.82) is 0 Å². The second-order valence-electron chi connectivity index (χ2n) is 6.77. The summed E-state index contributed by atoms with van der Waals surface area (Å²) in [7, 11) is 0. The summed E-state index contributed by atoms with van der Waals surface area (Å²) < 4.78 is 14.5. The van der Waals surface area contributed by atoms with E-state index in [1.807, 2.05) is 19.1 Å². The summed E-state index contributed by atoms with van der Waals surface area (Å²) in [6.45, 7) is 1.93. The summed E-state index contributed by atoms with van der Waals surface area (Å²) in [6, 6.07) is 19.2. The molecule has 0 radical (unpaired) electrons. The Morgan fingerprint density at radius 1 is 1.00 bits per heavy atom. The van der Waals surface area contributed by atoms with Crippen molar-refractivity contribution in [3.8, 4) is 0 Å². The standard InChI is InChI=1S/C23H16FN3O3/c1-15-6-10-17(11-7-15)26-22(19-4-2-3-5-20(19)24)25-21(23(26)28)14-16-8-12-18(13-9-16)27(29)30/h2-14H,1H3/b21-14+. The fourth-order valence-electron chi connectivity index (χ4n) is 3.12. The summed E-state index contributed by atoms with van der Waals surface area (Å²) in [5, 5.41) is 10.8. The molecule has 0 saturated heterocycles. The maximum atomic E-state index is 14.5. The predicted molar refractivity (Wildman–Crippen MR) is 113 cm³/mol. The average molecular weight is 401 g/mol. The maximum Gasteiger partial charge on any atom is 0.282 e. The number of aryl methyl sites for hydroxylation is 1. The molecule has 4 rings (SSSR count). The molecule has 1 heterocycles. The van der Waals surface area contributed by atoms with E-state index in [0.29, 0.717) is 11.3 Å². The van der Waals surface area contributed by atoms with Crippen LogP contribution in [-0.2, 0) is 4.79 Å². The van der Waals surface area contributed by atoms with Crippen LogP contribution in [0.2, 0.25) is 0 Å². The zero-order chi connectivity index (χ0) is 21.3. The highest BCUT2D eigenvalue weighted by Crippen LogP contribution is 2.29. The molecule has 3 aromatic carbocycles. The van der Waals surface area contributed by atoms with Crippen LogP contribution in [0.5, 0.6) is 0 Å². The van der Waals surface area contributed by atoms with Crippen molar-refractivity contribution in [1.82, 2.24) is 0 Å². The van der Waals surface area contributed by atoms with Crippen LogP contribution in [0.25, 0.3) is 6.08 Å². The van der Waals surface area contributed by atoms with E-state index in [1.54, 1.807) is 30.3 Å². The number of non-ortho nitro benzene ring substituents is 1. The van der Waals surface area contributed by atoms with E-state index in [2.05, 4.69) is 4.99 Å². The third-order valence-electron chi connectivity index (χ3n) is 4.67. The molecular formula is C23H16FN3O3. The first-order chi connectivity index (χ1) is 14.4. The molecule has 0 saturated carbocycles. The number of amidine groups is 1. The lowest BCUT2D eigenvalue weighted by Crippen LogP contribution is -2.33. The first-order valence-electron chi connectivity index (χ1n) is 9.15. The number of rotatable bonds is 4. The second-order valence-corrected chi connectivity index (χ2v) is 6.77. The number of nitro benzene ring substituents is 1. The quantitative estimate of drug-likeness (QED) is 0.355. The zero-order valence-corrected chi connectivity index (χ0v) is 15.9. The zero-order valence-electron chi connectivity index (χ0n) is 15.9. The average Bonchev–Trinajstić information content (AvgIpc) is 3.05. The third kappa shape index (κ3) is 3.60. The smallest absolute Gasteiger partial charge is 0.266 e. The van der Waals surface area contributed by atoms with Gasteiger partial charge in [0, 0.05) is 12.1 Å². The lowest BCUT2D eigenvalue weighted by Gasteiger charge is -2.19. The first-order valence-corrected chi connectivity index (χ1v) is 9.15. The molecule has 1 aliphatic rings. The molecule has 30 heavy (non-hydrogen) atoms. The van der Waals surface area contributed by atoms with Gasteiger partial charge in [-0.1, -0.05) is 29.8 Å². The number of halogens is 1. The van der Waals surface area contributed by atoms with Gasteiger partial charge < -0.3 is 0 Å². The summed E-state index contributed by atoms with van der Waals surface area (Å²) in [5.74, 6) is -0.705. The Morgan fingerprint density at radius 3 is 2.30 bits per heavy atom. The van der Waals surface area contributed by atoms with Crippen molar-refractivity contribution in [2.24, 2.45) is 4.99 Å². The number of aliphatic imine (C=N–C) groups is 1. The van der Waals surface area contributed by atoms with Crippen LogP contribution in [0.1, 0.15) is 16.7 Å². The number of hydrogen-bond acceptors (Lipinski definition) is 4. The molecule has 1 aliphatic heterocycles. The van der Waals surface area contributed by atoms with Crippen LogP contribution in [0.4, 0.5) is 15.8 Å². The normalized spacial score (nSPS) is 14.9. The van der Waals surface area contributed by atoms with Crippen LogP contribution in [0.15, 0.2) is 83.5 Å². The van der Waals surface area contributed by atoms with E-state index >= 15 is 0 Å². The van der Waals surface area contributed by atoms with Gasteiger partial charge in [-0.15, -0.1) is 0 Å². The summed E-state index contributed by atoms with van der Waals surface area (Å²) >= 11 is 0. The highest BCUT2D eigenvalue weighted by Gasteiger charge is 2.33. The van der Waals surface area contributed by atoms with Crippen LogP contribution in [0.3, 0.4) is 0 Å². The van der Waals surface area contributed by atoms with Gasteiger partial charge in [0.1, 0.15) is 11.5 Å². The minimum Gasteiger partial charge on any atom is -0.266 e. The molecule has 0 aliphatic carbocycles. The molecule has 0 atom stereocenters. The van der Waals surface area contributed by atoms with E-state index < -0.39 is 16.6 Å². The van der Waals surface area contributed by atoms with Crippen molar-refractivity contribution in [3.05, 3.63) is 111 Å². The summed E-state index contributed by atoms with van der Waals surface area (Å²) in [6.07, 6.45) is 1.53. The summed E-state index contributed by atoms with van der Waals surface area (Å²) in [4.78, 5) is 29.3. The number of hydrogen-bond donors (Lipinski definition) is 0. The Bertz CT molecular complexity index is 1200. The van der Waals surface area contributed by atoms with E-state index in [1.165, 1.54) is 41.3 Å². The molecule has 6 nitrogen and oxygen atoms in total. The van der Waals surface area contributed by atoms with Crippen molar-refractivity contribution >= 4 is 29.2 Å². The Kier molecular flexibility index (Phi) is 4.93. The van der Waals surface area contributed by atoms with Gasteiger partial charge in [-0.2, -0.15) is 0 Å². The molecule has 0 fully saturated rings. The van der Waals surface area contributed by atoms with Gasteiger partial charge in [-0.3, -0.25) is 19.8 Å². The largest absolute Gasteiger partial charge is 0.282 e. The van der Waals surface area contributed by atoms with Crippen LogP contribution >= 0.6 is 0 Å². The number of benzene rings is 3. The number of carbonyl (C=O) groups excluding carboxylic acids is 1. The van der Waals surface area contributed by atoms with Crippen LogP contribution in [0, 0.1) is 22.9 Å². The highest BCUT2D eigenvalue weighted by molar-refractivity contribution is 6.33. The monoisotopic (exact) mass is 401 g/mol. The Balaban J connectivity index is 1.80. The van der Waals surface area contributed by atoms with E-state index in [0.717, 1.165) is 5.56 Å². The van der Waals surface area contributed by atoms with E-state index in [4.69, 9.17) is 0 Å². The van der Waals surface area contributed by atoms with Gasteiger partial charge in [0.15, 0.2) is 5.84 Å². The minimum absolute atomic E-state index is 0.0493. The molecule has 3 aromatic rings. The van der Waals surface area contributed by atoms with Crippen LogP contribution < -0.4 is 4.90 Å². The first kappa shape index (κ1) is 19.2. The number of anilines is 1. The van der Waals surface area contributed by atoms with E-state index in [-0.39, 0.29) is 22.8 Å². The molecule has 0 aromatic heterocycles. The van der Waals surface area contributed by atoms with Crippen LogP contribution in [-0.4, -0.2) is 16.7 Å². The molecule has 1 amide bonds. The summed E-state index contributed by atoms with van der Waals surface area (Å²) in [5.41, 5.74) is 2.44. The Hall–Kier alpha value is -4.13. The molecule has 148 valence electrons. The predicted octanol–water partition coefficient (Wildman–Crippen LogP) is 4.88.